The van der Waals surface area contributed by atoms with Crippen LogP contribution in [0.3, 0.4) is 0 Å². The summed E-state index contributed by atoms with van der Waals surface area (Å²) < 4.78 is 24.4. The molecule has 0 unspecified atom stereocenters. The molecule has 0 bridgehead atoms. The molecule has 2 heterocycles. The number of halogens is 1. The Hall–Kier alpha value is -0.930. The van der Waals surface area contributed by atoms with Gasteiger partial charge in [0.15, 0.2) is 0 Å². The van der Waals surface area contributed by atoms with Crippen LogP contribution in [0.5, 0.6) is 0 Å². The van der Waals surface area contributed by atoms with E-state index in [1.165, 1.54) is 10.6 Å². The normalized spacial score (nSPS) is 18.1. The fourth-order valence-electron chi connectivity index (χ4n) is 2.11. The monoisotopic (exact) mass is 319 g/mol. The second-order valence-electron chi connectivity index (χ2n) is 4.71. The van der Waals surface area contributed by atoms with Crippen LogP contribution in [0.2, 0.25) is 5.02 Å². The number of nitrogens with one attached hydrogen (secondary N) is 1. The number of rotatable bonds is 4. The molecule has 0 aliphatic carbocycles. The van der Waals surface area contributed by atoms with Gasteiger partial charge in [-0.05, 0) is 12.1 Å². The molecular formula is C11H18ClN5O2S. The zero-order valence-corrected chi connectivity index (χ0v) is 12.8. The number of hydrogen-bond donors (Lipinski definition) is 2. The molecule has 1 fully saturated rings. The highest BCUT2D eigenvalue weighted by Crippen LogP contribution is 2.19. The summed E-state index contributed by atoms with van der Waals surface area (Å²) in [5, 5.41) is 0.578. The van der Waals surface area contributed by atoms with Crippen LogP contribution in [0.15, 0.2) is 12.1 Å². The summed E-state index contributed by atoms with van der Waals surface area (Å²) in [4.78, 5) is 6.43. The number of aromatic nitrogens is 1. The van der Waals surface area contributed by atoms with Crippen molar-refractivity contribution in [3.05, 3.63) is 22.8 Å². The highest BCUT2D eigenvalue weighted by molar-refractivity contribution is 7.88. The number of piperazine rings is 1. The number of nitrogen functional groups attached to an aromatic ring is 1. The molecule has 112 valence electrons. The van der Waals surface area contributed by atoms with E-state index < -0.39 is 10.0 Å². The van der Waals surface area contributed by atoms with E-state index in [0.717, 1.165) is 5.69 Å². The molecule has 1 aliphatic heterocycles. The third kappa shape index (κ3) is 3.80. The molecule has 7 nitrogen and oxygen atoms in total. The molecule has 0 saturated carbocycles. The Bertz CT molecular complexity index is 572. The lowest BCUT2D eigenvalue weighted by Crippen LogP contribution is -2.47. The standard InChI is InChI=1S/C11H18ClN5O2S/c1-20(18,19)17-6-4-16(5-7-17)8-10-9(12)2-3-11(14-10)15-13/h2-3H,4-8,13H2,1H3,(H,14,15). The molecule has 0 spiro atoms. The first-order valence-electron chi connectivity index (χ1n) is 6.19. The van der Waals surface area contributed by atoms with Gasteiger partial charge in [0.25, 0.3) is 0 Å². The molecule has 0 radical (unpaired) electrons. The Morgan fingerprint density at radius 3 is 2.55 bits per heavy atom. The molecule has 9 heteroatoms. The average Bonchev–Trinajstić information content (AvgIpc) is 2.41. The van der Waals surface area contributed by atoms with Crippen LogP contribution in [-0.2, 0) is 16.6 Å². The molecule has 3 N–H and O–H groups in total. The highest BCUT2D eigenvalue weighted by atomic mass is 35.5. The Morgan fingerprint density at radius 1 is 1.35 bits per heavy atom. The summed E-state index contributed by atoms with van der Waals surface area (Å²) in [5.74, 6) is 5.88. The van der Waals surface area contributed by atoms with Crippen LogP contribution in [-0.4, -0.2) is 55.0 Å². The van der Waals surface area contributed by atoms with Crippen molar-refractivity contribution in [2.24, 2.45) is 5.84 Å². The van der Waals surface area contributed by atoms with Crippen LogP contribution >= 0.6 is 11.6 Å². The van der Waals surface area contributed by atoms with Crippen molar-refractivity contribution < 1.29 is 8.42 Å². The molecular weight excluding hydrogens is 302 g/mol. The van der Waals surface area contributed by atoms with E-state index in [2.05, 4.69) is 15.3 Å². The van der Waals surface area contributed by atoms with Gasteiger partial charge in [-0.25, -0.2) is 19.2 Å². The topological polar surface area (TPSA) is 91.6 Å². The lowest BCUT2D eigenvalue weighted by Gasteiger charge is -2.33. The van der Waals surface area contributed by atoms with Crippen LogP contribution < -0.4 is 11.3 Å². The fraction of sp³-hybridized carbons (Fsp3) is 0.545. The molecule has 0 atom stereocenters. The van der Waals surface area contributed by atoms with Crippen molar-refractivity contribution in [2.45, 2.75) is 6.54 Å². The van der Waals surface area contributed by atoms with Crippen molar-refractivity contribution >= 4 is 27.4 Å². The quantitative estimate of drug-likeness (QED) is 0.604. The number of nitrogens with zero attached hydrogens (tertiary/aromatic N) is 3. The minimum atomic E-state index is -3.10. The van der Waals surface area contributed by atoms with Gasteiger partial charge in [0.1, 0.15) is 5.82 Å². The minimum Gasteiger partial charge on any atom is -0.308 e. The predicted molar refractivity (Wildman–Crippen MR) is 78.8 cm³/mol. The number of nitrogens with two attached hydrogens (primary N) is 1. The number of pyridine rings is 1. The summed E-state index contributed by atoms with van der Waals surface area (Å²) in [6.45, 7) is 2.87. The zero-order valence-electron chi connectivity index (χ0n) is 11.2. The van der Waals surface area contributed by atoms with Gasteiger partial charge in [0.2, 0.25) is 10.0 Å². The number of sulfonamides is 1. The van der Waals surface area contributed by atoms with Crippen LogP contribution in [0.4, 0.5) is 5.82 Å². The van der Waals surface area contributed by atoms with E-state index in [1.54, 1.807) is 12.1 Å². The Morgan fingerprint density at radius 2 is 2.00 bits per heavy atom. The third-order valence-corrected chi connectivity index (χ3v) is 4.89. The van der Waals surface area contributed by atoms with Gasteiger partial charge in [-0.3, -0.25) is 4.90 Å². The van der Waals surface area contributed by atoms with Crippen molar-refractivity contribution in [1.82, 2.24) is 14.2 Å². The summed E-state index contributed by atoms with van der Waals surface area (Å²) in [6.07, 6.45) is 1.23. The first kappa shape index (κ1) is 15.5. The lowest BCUT2D eigenvalue weighted by molar-refractivity contribution is 0.180. The SMILES string of the molecule is CS(=O)(=O)N1CCN(Cc2nc(NN)ccc2Cl)CC1. The number of hydrazine groups is 1. The first-order chi connectivity index (χ1) is 9.40. The van der Waals surface area contributed by atoms with E-state index in [1.807, 2.05) is 0 Å². The summed E-state index contributed by atoms with van der Waals surface area (Å²) >= 11 is 6.11. The second kappa shape index (κ2) is 6.23. The molecule has 2 rings (SSSR count). The zero-order chi connectivity index (χ0) is 14.8. The predicted octanol–water partition coefficient (Wildman–Crippen LogP) is 0.0978. The second-order valence-corrected chi connectivity index (χ2v) is 7.10. The van der Waals surface area contributed by atoms with Crippen molar-refractivity contribution in [3.8, 4) is 0 Å². The molecule has 1 aliphatic rings. The average molecular weight is 320 g/mol. The maximum absolute atomic E-state index is 11.4. The molecule has 0 aromatic carbocycles. The van der Waals surface area contributed by atoms with Crippen LogP contribution in [0.1, 0.15) is 5.69 Å². The smallest absolute Gasteiger partial charge is 0.211 e. The summed E-state index contributed by atoms with van der Waals surface area (Å²) in [6, 6.07) is 3.44. The largest absolute Gasteiger partial charge is 0.308 e. The third-order valence-electron chi connectivity index (χ3n) is 3.24. The van der Waals surface area contributed by atoms with Gasteiger partial charge in [0, 0.05) is 32.7 Å². The van der Waals surface area contributed by atoms with Crippen LogP contribution in [0.25, 0.3) is 0 Å². The van der Waals surface area contributed by atoms with Gasteiger partial charge >= 0.3 is 0 Å². The van der Waals surface area contributed by atoms with Gasteiger partial charge in [-0.2, -0.15) is 4.31 Å². The molecule has 20 heavy (non-hydrogen) atoms. The van der Waals surface area contributed by atoms with E-state index in [-0.39, 0.29) is 0 Å². The van der Waals surface area contributed by atoms with E-state index in [0.29, 0.717) is 43.6 Å². The minimum absolute atomic E-state index is 0.491. The summed E-state index contributed by atoms with van der Waals surface area (Å²) in [7, 11) is -3.10. The van der Waals surface area contributed by atoms with Gasteiger partial charge < -0.3 is 5.43 Å². The van der Waals surface area contributed by atoms with E-state index in [4.69, 9.17) is 17.4 Å². The molecule has 1 saturated heterocycles. The molecule has 0 amide bonds. The van der Waals surface area contributed by atoms with Crippen molar-refractivity contribution in [3.63, 3.8) is 0 Å². The first-order valence-corrected chi connectivity index (χ1v) is 8.42. The number of hydrogen-bond acceptors (Lipinski definition) is 6. The van der Waals surface area contributed by atoms with Crippen molar-refractivity contribution in [1.29, 1.82) is 0 Å². The maximum Gasteiger partial charge on any atom is 0.211 e. The van der Waals surface area contributed by atoms with E-state index in [9.17, 15) is 8.42 Å². The van der Waals surface area contributed by atoms with Crippen LogP contribution in [0, 0.1) is 0 Å². The number of anilines is 1. The van der Waals surface area contributed by atoms with Gasteiger partial charge in [-0.15, -0.1) is 0 Å². The van der Waals surface area contributed by atoms with Gasteiger partial charge in [0.05, 0.1) is 17.0 Å². The fourth-order valence-corrected chi connectivity index (χ4v) is 3.10. The molecule has 1 aromatic heterocycles. The summed E-state index contributed by atoms with van der Waals surface area (Å²) in [5.41, 5.74) is 3.21. The van der Waals surface area contributed by atoms with Crippen molar-refractivity contribution in [2.75, 3.05) is 37.9 Å². The Kier molecular flexibility index (Phi) is 4.82. The Balaban J connectivity index is 1.99. The lowest BCUT2D eigenvalue weighted by atomic mass is 10.3. The van der Waals surface area contributed by atoms with E-state index >= 15 is 0 Å². The Labute approximate surface area is 123 Å². The highest BCUT2D eigenvalue weighted by Gasteiger charge is 2.23. The molecule has 1 aromatic rings. The maximum atomic E-state index is 11.4. The van der Waals surface area contributed by atoms with Gasteiger partial charge in [-0.1, -0.05) is 11.6 Å².